The first-order valence-electron chi connectivity index (χ1n) is 6.87. The molecule has 2 aliphatic heterocycles. The van der Waals surface area contributed by atoms with Crippen molar-refractivity contribution in [1.29, 1.82) is 0 Å². The molecule has 3 heterocycles. The van der Waals surface area contributed by atoms with E-state index >= 15 is 0 Å². The van der Waals surface area contributed by atoms with Crippen molar-refractivity contribution in [1.82, 2.24) is 4.90 Å². The van der Waals surface area contributed by atoms with Gasteiger partial charge in [-0.2, -0.15) is 0 Å². The molecule has 0 unspecified atom stereocenters. The lowest BCUT2D eigenvalue weighted by Gasteiger charge is -2.42. The summed E-state index contributed by atoms with van der Waals surface area (Å²) in [6, 6.07) is 3.75. The van der Waals surface area contributed by atoms with Crippen molar-refractivity contribution in [2.75, 3.05) is 26.3 Å². The molecule has 0 saturated carbocycles. The van der Waals surface area contributed by atoms with Gasteiger partial charge in [0.1, 0.15) is 5.60 Å². The highest BCUT2D eigenvalue weighted by molar-refractivity contribution is 7.16. The first-order chi connectivity index (χ1) is 9.59. The van der Waals surface area contributed by atoms with Crippen molar-refractivity contribution in [3.63, 3.8) is 0 Å². The van der Waals surface area contributed by atoms with Gasteiger partial charge in [-0.15, -0.1) is 11.3 Å². The van der Waals surface area contributed by atoms with Crippen LogP contribution in [0.15, 0.2) is 12.1 Å². The number of carbonyl (C=O) groups is 1. The summed E-state index contributed by atoms with van der Waals surface area (Å²) in [7, 11) is 0. The lowest BCUT2D eigenvalue weighted by molar-refractivity contribution is -0.158. The number of thiophene rings is 1. The van der Waals surface area contributed by atoms with E-state index in [9.17, 15) is 4.79 Å². The van der Waals surface area contributed by atoms with Crippen LogP contribution in [-0.2, 0) is 20.7 Å². The summed E-state index contributed by atoms with van der Waals surface area (Å²) in [6.07, 6.45) is 1.33. The van der Waals surface area contributed by atoms with Crippen molar-refractivity contribution in [2.45, 2.75) is 31.5 Å². The molecule has 1 aromatic rings. The fraction of sp³-hybridized carbons (Fsp3) is 0.643. The molecule has 20 heavy (non-hydrogen) atoms. The summed E-state index contributed by atoms with van der Waals surface area (Å²) < 4.78 is 12.3. The van der Waals surface area contributed by atoms with Gasteiger partial charge in [-0.05, 0) is 19.1 Å². The highest BCUT2D eigenvalue weighted by Gasteiger charge is 2.46. The molecule has 110 valence electrons. The molecule has 1 spiro atoms. The maximum Gasteiger partial charge on any atom is 0.228 e. The second-order valence-corrected chi connectivity index (χ2v) is 7.17. The first-order valence-corrected chi connectivity index (χ1v) is 8.06. The summed E-state index contributed by atoms with van der Waals surface area (Å²) in [5, 5.41) is 0. The van der Waals surface area contributed by atoms with Crippen LogP contribution in [0.2, 0.25) is 4.34 Å². The van der Waals surface area contributed by atoms with Crippen molar-refractivity contribution in [3.05, 3.63) is 21.3 Å². The summed E-state index contributed by atoms with van der Waals surface area (Å²) in [4.78, 5) is 15.3. The maximum absolute atomic E-state index is 12.4. The minimum atomic E-state index is -0.305. The van der Waals surface area contributed by atoms with Gasteiger partial charge >= 0.3 is 0 Å². The molecule has 6 heteroatoms. The number of hydrogen-bond donors (Lipinski definition) is 0. The van der Waals surface area contributed by atoms with Gasteiger partial charge in [0.15, 0.2) is 0 Å². The first kappa shape index (κ1) is 14.3. The molecule has 2 saturated heterocycles. The number of nitrogens with zero attached hydrogens (tertiary/aromatic N) is 1. The lowest BCUT2D eigenvalue weighted by atomic mass is 9.94. The molecule has 2 fully saturated rings. The van der Waals surface area contributed by atoms with E-state index in [-0.39, 0.29) is 17.6 Å². The Labute approximate surface area is 127 Å². The highest BCUT2D eigenvalue weighted by Crippen LogP contribution is 2.33. The average molecular weight is 316 g/mol. The van der Waals surface area contributed by atoms with Crippen LogP contribution < -0.4 is 0 Å². The van der Waals surface area contributed by atoms with Crippen molar-refractivity contribution < 1.29 is 14.3 Å². The van der Waals surface area contributed by atoms with Crippen LogP contribution in [0, 0.1) is 0 Å². The normalized spacial score (nSPS) is 30.1. The molecule has 0 N–H and O–H groups in total. The van der Waals surface area contributed by atoms with Gasteiger partial charge < -0.3 is 14.4 Å². The van der Waals surface area contributed by atoms with E-state index < -0.39 is 0 Å². The molecule has 0 aromatic carbocycles. The molecular formula is C14H18ClNO3S. The molecule has 0 aliphatic carbocycles. The highest BCUT2D eigenvalue weighted by atomic mass is 35.5. The van der Waals surface area contributed by atoms with Crippen LogP contribution in [-0.4, -0.2) is 48.8 Å². The molecule has 2 atom stereocenters. The minimum absolute atomic E-state index is 0.0503. The quantitative estimate of drug-likeness (QED) is 0.841. The summed E-state index contributed by atoms with van der Waals surface area (Å²) in [5.74, 6) is 0.144. The van der Waals surface area contributed by atoms with Crippen LogP contribution in [0.3, 0.4) is 0 Å². The minimum Gasteiger partial charge on any atom is -0.375 e. The average Bonchev–Trinajstić information content (AvgIpc) is 2.98. The summed E-state index contributed by atoms with van der Waals surface area (Å²) >= 11 is 7.37. The predicted molar refractivity (Wildman–Crippen MR) is 78.3 cm³/mol. The molecule has 3 rings (SSSR count). The number of morpholine rings is 1. The molecular weight excluding hydrogens is 298 g/mol. The van der Waals surface area contributed by atoms with Crippen LogP contribution in [0.5, 0.6) is 0 Å². The number of rotatable bonds is 2. The van der Waals surface area contributed by atoms with Crippen LogP contribution in [0.25, 0.3) is 0 Å². The zero-order valence-corrected chi connectivity index (χ0v) is 13.0. The second-order valence-electron chi connectivity index (χ2n) is 5.37. The van der Waals surface area contributed by atoms with E-state index in [2.05, 4.69) is 0 Å². The second kappa shape index (κ2) is 5.64. The standard InChI is InChI=1S/C14H18ClNO3S/c1-10-14(4-6-18-10)9-16(5-7-19-14)13(17)8-11-2-3-12(15)20-11/h2-3,10H,4-9H2,1H3/t10-,14+/m0/s1. The van der Waals surface area contributed by atoms with Gasteiger partial charge in [0, 0.05) is 24.4 Å². The van der Waals surface area contributed by atoms with Gasteiger partial charge in [-0.1, -0.05) is 11.6 Å². The van der Waals surface area contributed by atoms with Crippen LogP contribution >= 0.6 is 22.9 Å². The number of hydrogen-bond acceptors (Lipinski definition) is 4. The van der Waals surface area contributed by atoms with E-state index in [0.717, 1.165) is 15.6 Å². The van der Waals surface area contributed by atoms with E-state index in [1.165, 1.54) is 11.3 Å². The lowest BCUT2D eigenvalue weighted by Crippen LogP contribution is -2.57. The summed E-state index contributed by atoms with van der Waals surface area (Å²) in [6.45, 7) is 4.62. The SMILES string of the molecule is C[C@@H]1OCC[C@@]12CN(C(=O)Cc1ccc(Cl)s1)CCO2. The number of halogens is 1. The van der Waals surface area contributed by atoms with Crippen molar-refractivity contribution >= 4 is 28.8 Å². The molecule has 2 aliphatic rings. The Bertz CT molecular complexity index is 506. The van der Waals surface area contributed by atoms with Gasteiger partial charge in [0.25, 0.3) is 0 Å². The fourth-order valence-electron chi connectivity index (χ4n) is 2.89. The van der Waals surface area contributed by atoms with Gasteiger partial charge in [-0.3, -0.25) is 4.79 Å². The number of amides is 1. The number of ether oxygens (including phenoxy) is 2. The Hall–Kier alpha value is -0.620. The monoisotopic (exact) mass is 315 g/mol. The third kappa shape index (κ3) is 2.72. The number of carbonyl (C=O) groups excluding carboxylic acids is 1. The molecule has 0 radical (unpaired) electrons. The fourth-order valence-corrected chi connectivity index (χ4v) is 3.97. The molecule has 0 bridgehead atoms. The third-order valence-electron chi connectivity index (χ3n) is 4.15. The zero-order chi connectivity index (χ0) is 14.2. The molecule has 1 amide bonds. The van der Waals surface area contributed by atoms with Crippen molar-refractivity contribution in [2.24, 2.45) is 0 Å². The van der Waals surface area contributed by atoms with Crippen molar-refractivity contribution in [3.8, 4) is 0 Å². The Morgan fingerprint density at radius 1 is 1.55 bits per heavy atom. The Morgan fingerprint density at radius 3 is 3.05 bits per heavy atom. The third-order valence-corrected chi connectivity index (χ3v) is 5.38. The Kier molecular flexibility index (Phi) is 4.04. The Morgan fingerprint density at radius 2 is 2.40 bits per heavy atom. The van der Waals surface area contributed by atoms with E-state index in [1.807, 2.05) is 24.0 Å². The van der Waals surface area contributed by atoms with Crippen LogP contribution in [0.4, 0.5) is 0 Å². The molecule has 1 aromatic heterocycles. The smallest absolute Gasteiger partial charge is 0.228 e. The van der Waals surface area contributed by atoms with Gasteiger partial charge in [0.2, 0.25) is 5.91 Å². The maximum atomic E-state index is 12.4. The van der Waals surface area contributed by atoms with E-state index in [4.69, 9.17) is 21.1 Å². The predicted octanol–water partition coefficient (Wildman–Crippen LogP) is 2.35. The Balaban J connectivity index is 1.66. The van der Waals surface area contributed by atoms with Gasteiger partial charge in [-0.25, -0.2) is 0 Å². The molecule has 4 nitrogen and oxygen atoms in total. The summed E-state index contributed by atoms with van der Waals surface area (Å²) in [5.41, 5.74) is -0.305. The zero-order valence-electron chi connectivity index (χ0n) is 11.4. The topological polar surface area (TPSA) is 38.8 Å². The largest absolute Gasteiger partial charge is 0.375 e. The van der Waals surface area contributed by atoms with E-state index in [1.54, 1.807) is 0 Å². The van der Waals surface area contributed by atoms with E-state index in [0.29, 0.717) is 32.7 Å². The van der Waals surface area contributed by atoms with Crippen LogP contribution in [0.1, 0.15) is 18.2 Å². The van der Waals surface area contributed by atoms with Gasteiger partial charge in [0.05, 0.1) is 30.0 Å².